The number of hydrogen-bond acceptors (Lipinski definition) is 1. The second-order valence-corrected chi connectivity index (χ2v) is 5.57. The molecule has 19 heavy (non-hydrogen) atoms. The van der Waals surface area contributed by atoms with E-state index in [0.717, 1.165) is 17.6 Å². The minimum Gasteiger partial charge on any atom is -0.388 e. The number of aliphatic hydroxyl groups is 1. The summed E-state index contributed by atoms with van der Waals surface area (Å²) in [6, 6.07) is 4.27. The van der Waals surface area contributed by atoms with Gasteiger partial charge in [0.15, 0.2) is 0 Å². The molecule has 0 fully saturated rings. The van der Waals surface area contributed by atoms with E-state index in [-0.39, 0.29) is 0 Å². The first-order chi connectivity index (χ1) is 8.85. The molecule has 0 saturated carbocycles. The molecule has 0 saturated heterocycles. The Balaban J connectivity index is 3.03. The van der Waals surface area contributed by atoms with Crippen molar-refractivity contribution >= 4 is 0 Å². The molecule has 0 aromatic heterocycles. The number of hydrogen-bond donors (Lipinski definition) is 1. The van der Waals surface area contributed by atoms with Gasteiger partial charge in [-0.3, -0.25) is 0 Å². The lowest BCUT2D eigenvalue weighted by Gasteiger charge is -2.17. The van der Waals surface area contributed by atoms with Crippen LogP contribution in [0.3, 0.4) is 0 Å². The summed E-state index contributed by atoms with van der Waals surface area (Å²) in [4.78, 5) is 0. The van der Waals surface area contributed by atoms with E-state index in [9.17, 15) is 5.11 Å². The monoisotopic (exact) mass is 258 g/mol. The Hall–Kier alpha value is -1.30. The molecule has 0 amide bonds. The molecule has 1 rings (SSSR count). The van der Waals surface area contributed by atoms with Crippen molar-refractivity contribution in [3.63, 3.8) is 0 Å². The maximum atomic E-state index is 10.5. The summed E-state index contributed by atoms with van der Waals surface area (Å²) >= 11 is 0. The Morgan fingerprint density at radius 1 is 1.11 bits per heavy atom. The van der Waals surface area contributed by atoms with Crippen molar-refractivity contribution in [2.45, 2.75) is 60.5 Å². The molecular formula is C18H26O. The van der Waals surface area contributed by atoms with Crippen LogP contribution in [0.1, 0.15) is 62.0 Å². The first kappa shape index (κ1) is 15.8. The van der Waals surface area contributed by atoms with E-state index in [1.165, 1.54) is 22.3 Å². The molecule has 1 aromatic carbocycles. The van der Waals surface area contributed by atoms with E-state index in [2.05, 4.69) is 52.5 Å². The van der Waals surface area contributed by atoms with Crippen molar-refractivity contribution in [1.82, 2.24) is 0 Å². The average molecular weight is 258 g/mol. The molecule has 1 heteroatoms. The quantitative estimate of drug-likeness (QED) is 0.759. The predicted molar refractivity (Wildman–Crippen MR) is 82.4 cm³/mol. The van der Waals surface area contributed by atoms with Gasteiger partial charge in [0.05, 0.1) is 6.10 Å². The Morgan fingerprint density at radius 2 is 1.63 bits per heavy atom. The van der Waals surface area contributed by atoms with Crippen molar-refractivity contribution in [2.24, 2.45) is 0 Å². The highest BCUT2D eigenvalue weighted by Crippen LogP contribution is 2.27. The standard InChI is InChI=1S/C18H26O/c1-7-12(2)8-13(3)11-17(19)18-15(5)9-14(4)10-16(18)6/h9-10,17,19H,7,11H2,1-6H3/t8?,17-/m1/s1. The fourth-order valence-electron chi connectivity index (χ4n) is 2.61. The summed E-state index contributed by atoms with van der Waals surface area (Å²) in [6.45, 7) is 12.5. The van der Waals surface area contributed by atoms with Gasteiger partial charge in [0.2, 0.25) is 0 Å². The van der Waals surface area contributed by atoms with E-state index in [1.54, 1.807) is 0 Å². The molecule has 1 aromatic rings. The third-order valence-electron chi connectivity index (χ3n) is 3.53. The largest absolute Gasteiger partial charge is 0.388 e. The third-order valence-corrected chi connectivity index (χ3v) is 3.53. The van der Waals surface area contributed by atoms with Gasteiger partial charge < -0.3 is 5.11 Å². The smallest absolute Gasteiger partial charge is 0.0838 e. The fraction of sp³-hybridized carbons (Fsp3) is 0.500. The highest BCUT2D eigenvalue weighted by atomic mass is 16.3. The zero-order valence-corrected chi connectivity index (χ0v) is 13.1. The van der Waals surface area contributed by atoms with E-state index in [4.69, 9.17) is 0 Å². The van der Waals surface area contributed by atoms with Crippen molar-refractivity contribution in [1.29, 1.82) is 0 Å². The van der Waals surface area contributed by atoms with Gasteiger partial charge in [-0.05, 0) is 68.9 Å². The van der Waals surface area contributed by atoms with Crippen molar-refractivity contribution in [3.05, 3.63) is 51.3 Å². The second-order valence-electron chi connectivity index (χ2n) is 5.57. The first-order valence-corrected chi connectivity index (χ1v) is 7.02. The average Bonchev–Trinajstić information content (AvgIpc) is 2.26. The fourth-order valence-corrected chi connectivity index (χ4v) is 2.61. The Kier molecular flexibility index (Phi) is 5.60. The predicted octanol–water partition coefficient (Wildman–Crippen LogP) is 4.94. The third kappa shape index (κ3) is 4.38. The van der Waals surface area contributed by atoms with Gasteiger partial charge in [-0.25, -0.2) is 0 Å². The molecule has 0 aliphatic heterocycles. The molecule has 0 aliphatic carbocycles. The summed E-state index contributed by atoms with van der Waals surface area (Å²) in [7, 11) is 0. The Labute approximate surface area is 117 Å². The summed E-state index contributed by atoms with van der Waals surface area (Å²) in [5.41, 5.74) is 10.4. The lowest BCUT2D eigenvalue weighted by Crippen LogP contribution is -2.04. The minimum atomic E-state index is -0.433. The zero-order valence-electron chi connectivity index (χ0n) is 13.1. The van der Waals surface area contributed by atoms with Gasteiger partial charge in [-0.2, -0.15) is 0 Å². The van der Waals surface area contributed by atoms with Crippen LogP contribution in [0.15, 0.2) is 29.0 Å². The number of aryl methyl sites for hydroxylation is 3. The summed E-state index contributed by atoms with van der Waals surface area (Å²) in [6.07, 6.45) is 1.23. The van der Waals surface area contributed by atoms with Crippen LogP contribution in [0.5, 0.6) is 0 Å². The van der Waals surface area contributed by atoms with Gasteiger partial charge in [-0.15, -0.1) is 5.73 Å². The normalized spacial score (nSPS) is 11.9. The topological polar surface area (TPSA) is 20.2 Å². The molecule has 104 valence electrons. The SMILES string of the molecule is CCC(C)=C=C(C)C[C@@H](O)c1c(C)cc(C)cc1C. The van der Waals surface area contributed by atoms with E-state index >= 15 is 0 Å². The Morgan fingerprint density at radius 3 is 2.11 bits per heavy atom. The van der Waals surface area contributed by atoms with E-state index < -0.39 is 6.10 Å². The van der Waals surface area contributed by atoms with Crippen LogP contribution >= 0.6 is 0 Å². The number of benzene rings is 1. The van der Waals surface area contributed by atoms with Crippen LogP contribution < -0.4 is 0 Å². The molecule has 1 atom stereocenters. The van der Waals surface area contributed by atoms with Crippen LogP contribution in [0.4, 0.5) is 0 Å². The molecule has 0 radical (unpaired) electrons. The molecule has 0 bridgehead atoms. The molecule has 1 nitrogen and oxygen atoms in total. The maximum absolute atomic E-state index is 10.5. The van der Waals surface area contributed by atoms with Crippen molar-refractivity contribution in [2.75, 3.05) is 0 Å². The molecule has 0 aliphatic rings. The molecule has 0 spiro atoms. The zero-order chi connectivity index (χ0) is 14.6. The number of aliphatic hydroxyl groups excluding tert-OH is 1. The van der Waals surface area contributed by atoms with E-state index in [0.29, 0.717) is 6.42 Å². The molecular weight excluding hydrogens is 232 g/mol. The summed E-state index contributed by atoms with van der Waals surface area (Å²) < 4.78 is 0. The lowest BCUT2D eigenvalue weighted by atomic mass is 9.92. The van der Waals surface area contributed by atoms with Crippen LogP contribution in [0, 0.1) is 20.8 Å². The highest BCUT2D eigenvalue weighted by molar-refractivity contribution is 5.39. The van der Waals surface area contributed by atoms with Crippen LogP contribution in [-0.2, 0) is 0 Å². The van der Waals surface area contributed by atoms with Crippen molar-refractivity contribution < 1.29 is 5.11 Å². The first-order valence-electron chi connectivity index (χ1n) is 7.02. The van der Waals surface area contributed by atoms with Gasteiger partial charge in [0, 0.05) is 6.42 Å². The second kappa shape index (κ2) is 6.75. The van der Waals surface area contributed by atoms with Gasteiger partial charge >= 0.3 is 0 Å². The summed E-state index contributed by atoms with van der Waals surface area (Å²) in [5.74, 6) is 0. The van der Waals surface area contributed by atoms with E-state index in [1.807, 2.05) is 6.92 Å². The minimum absolute atomic E-state index is 0.433. The van der Waals surface area contributed by atoms with Crippen LogP contribution in [0.2, 0.25) is 0 Å². The lowest BCUT2D eigenvalue weighted by molar-refractivity contribution is 0.177. The van der Waals surface area contributed by atoms with Gasteiger partial charge in [0.1, 0.15) is 0 Å². The number of rotatable bonds is 4. The summed E-state index contributed by atoms with van der Waals surface area (Å²) in [5, 5.41) is 10.5. The van der Waals surface area contributed by atoms with Crippen LogP contribution in [-0.4, -0.2) is 5.11 Å². The van der Waals surface area contributed by atoms with Gasteiger partial charge in [-0.1, -0.05) is 24.6 Å². The maximum Gasteiger partial charge on any atom is 0.0838 e. The van der Waals surface area contributed by atoms with Gasteiger partial charge in [0.25, 0.3) is 0 Å². The molecule has 0 heterocycles. The highest BCUT2D eigenvalue weighted by Gasteiger charge is 2.14. The Bertz CT molecular complexity index is 493. The molecule has 0 unspecified atom stereocenters. The van der Waals surface area contributed by atoms with Crippen LogP contribution in [0.25, 0.3) is 0 Å². The van der Waals surface area contributed by atoms with Crippen molar-refractivity contribution in [3.8, 4) is 0 Å². The molecule has 1 N–H and O–H groups in total.